The molecule has 0 atom stereocenters. The van der Waals surface area contributed by atoms with Crippen molar-refractivity contribution in [2.24, 2.45) is 5.92 Å². The minimum Gasteiger partial charge on any atom is -0.309 e. The molecule has 0 bridgehead atoms. The highest BCUT2D eigenvalue weighted by atomic mass is 16.2. The van der Waals surface area contributed by atoms with Gasteiger partial charge in [-0.2, -0.15) is 0 Å². The third-order valence-corrected chi connectivity index (χ3v) is 5.75. The molecule has 0 spiro atoms. The Morgan fingerprint density at radius 3 is 2.17 bits per heavy atom. The Balaban J connectivity index is 1.46. The van der Waals surface area contributed by atoms with Gasteiger partial charge < -0.3 is 9.80 Å². The summed E-state index contributed by atoms with van der Waals surface area (Å²) in [6, 6.07) is 20.8. The monoisotopic (exact) mass is 393 g/mol. The fourth-order valence-corrected chi connectivity index (χ4v) is 4.31. The van der Waals surface area contributed by atoms with E-state index in [2.05, 4.69) is 61.0 Å². The molecule has 1 aliphatic heterocycles. The third-order valence-electron chi connectivity index (χ3n) is 5.75. The van der Waals surface area contributed by atoms with Crippen LogP contribution < -0.4 is 4.90 Å². The molecule has 29 heavy (non-hydrogen) atoms. The van der Waals surface area contributed by atoms with Crippen molar-refractivity contribution in [3.63, 3.8) is 0 Å². The van der Waals surface area contributed by atoms with Crippen LogP contribution in [0.1, 0.15) is 32.3 Å². The minimum atomic E-state index is 0.161. The van der Waals surface area contributed by atoms with Crippen LogP contribution in [-0.2, 0) is 11.3 Å². The highest BCUT2D eigenvalue weighted by Gasteiger charge is 2.25. The van der Waals surface area contributed by atoms with E-state index in [1.807, 2.05) is 35.2 Å². The van der Waals surface area contributed by atoms with Gasteiger partial charge in [0.1, 0.15) is 0 Å². The molecule has 1 aliphatic rings. The molecule has 0 N–H and O–H groups in total. The van der Waals surface area contributed by atoms with E-state index in [0.717, 1.165) is 31.9 Å². The van der Waals surface area contributed by atoms with Crippen molar-refractivity contribution in [2.75, 3.05) is 38.1 Å². The summed E-state index contributed by atoms with van der Waals surface area (Å²) in [4.78, 5) is 19.7. The lowest BCUT2D eigenvalue weighted by Crippen LogP contribution is -2.46. The number of likely N-dealkylation sites (tertiary alicyclic amines) is 1. The van der Waals surface area contributed by atoms with Crippen LogP contribution >= 0.6 is 0 Å². The second-order valence-electron chi connectivity index (χ2n) is 8.59. The van der Waals surface area contributed by atoms with Gasteiger partial charge in [0.05, 0.1) is 6.54 Å². The van der Waals surface area contributed by atoms with Crippen LogP contribution in [0, 0.1) is 5.92 Å². The van der Waals surface area contributed by atoms with Crippen LogP contribution in [0.4, 0.5) is 5.69 Å². The molecule has 4 heteroatoms. The first-order chi connectivity index (χ1) is 14.0. The van der Waals surface area contributed by atoms with E-state index in [1.54, 1.807) is 0 Å². The average molecular weight is 394 g/mol. The summed E-state index contributed by atoms with van der Waals surface area (Å²) in [6.45, 7) is 8.82. The van der Waals surface area contributed by atoms with E-state index in [-0.39, 0.29) is 11.9 Å². The van der Waals surface area contributed by atoms with Crippen LogP contribution in [0.25, 0.3) is 0 Å². The number of hydrogen-bond acceptors (Lipinski definition) is 3. The average Bonchev–Trinajstić information content (AvgIpc) is 2.71. The Kier molecular flexibility index (Phi) is 7.84. The lowest BCUT2D eigenvalue weighted by molar-refractivity contribution is -0.120. The molecule has 2 aromatic carbocycles. The van der Waals surface area contributed by atoms with Gasteiger partial charge in [-0.05, 0) is 70.4 Å². The van der Waals surface area contributed by atoms with Gasteiger partial charge in [0.25, 0.3) is 0 Å². The first-order valence-corrected chi connectivity index (χ1v) is 10.8. The number of carbonyl (C=O) groups is 1. The largest absolute Gasteiger partial charge is 0.309 e. The summed E-state index contributed by atoms with van der Waals surface area (Å²) in [5.41, 5.74) is 2.36. The molecule has 0 aromatic heterocycles. The Morgan fingerprint density at radius 1 is 1.00 bits per heavy atom. The van der Waals surface area contributed by atoms with Crippen LogP contribution in [0.15, 0.2) is 60.7 Å². The zero-order valence-electron chi connectivity index (χ0n) is 18.1. The van der Waals surface area contributed by atoms with Gasteiger partial charge in [0.2, 0.25) is 5.91 Å². The van der Waals surface area contributed by atoms with Crippen molar-refractivity contribution in [1.29, 1.82) is 0 Å². The van der Waals surface area contributed by atoms with Crippen molar-refractivity contribution in [2.45, 2.75) is 39.3 Å². The standard InChI is InChI=1S/C25H35N3O/c1-21(2)28(24-12-8-5-9-13-24)25(29)20-27-16-14-23(15-17-27)19-26(3)18-22-10-6-4-7-11-22/h4-13,21,23H,14-20H2,1-3H3. The molecule has 0 aliphatic carbocycles. The normalized spacial score (nSPS) is 15.8. The van der Waals surface area contributed by atoms with Gasteiger partial charge in [-0.3, -0.25) is 9.69 Å². The molecule has 3 rings (SSSR count). The number of amides is 1. The Labute approximate surface area is 176 Å². The molecule has 2 aromatic rings. The topological polar surface area (TPSA) is 26.8 Å². The Morgan fingerprint density at radius 2 is 1.59 bits per heavy atom. The van der Waals surface area contributed by atoms with Gasteiger partial charge in [-0.15, -0.1) is 0 Å². The molecule has 1 fully saturated rings. The molecule has 1 heterocycles. The molecule has 0 unspecified atom stereocenters. The van der Waals surface area contributed by atoms with Gasteiger partial charge in [0.15, 0.2) is 0 Å². The van der Waals surface area contributed by atoms with Crippen molar-refractivity contribution < 1.29 is 4.79 Å². The molecule has 4 nitrogen and oxygen atoms in total. The van der Waals surface area contributed by atoms with Crippen molar-refractivity contribution in [1.82, 2.24) is 9.80 Å². The first kappa shape index (κ1) is 21.5. The number of benzene rings is 2. The number of piperidine rings is 1. The summed E-state index contributed by atoms with van der Waals surface area (Å²) in [5, 5.41) is 0. The summed E-state index contributed by atoms with van der Waals surface area (Å²) in [5.74, 6) is 0.913. The SMILES string of the molecule is CC(C)N(C(=O)CN1CCC(CN(C)Cc2ccccc2)CC1)c1ccccc1. The van der Waals surface area contributed by atoms with E-state index in [9.17, 15) is 4.79 Å². The minimum absolute atomic E-state index is 0.161. The predicted molar refractivity (Wildman–Crippen MR) is 121 cm³/mol. The third kappa shape index (κ3) is 6.41. The number of anilines is 1. The highest BCUT2D eigenvalue weighted by molar-refractivity contribution is 5.95. The summed E-state index contributed by atoms with van der Waals surface area (Å²) < 4.78 is 0. The highest BCUT2D eigenvalue weighted by Crippen LogP contribution is 2.21. The Bertz CT molecular complexity index is 739. The summed E-state index contributed by atoms with van der Waals surface area (Å²) in [6.07, 6.45) is 2.33. The molecule has 0 saturated carbocycles. The predicted octanol–water partition coefficient (Wildman–Crippen LogP) is 4.27. The van der Waals surface area contributed by atoms with Gasteiger partial charge in [-0.25, -0.2) is 0 Å². The number of nitrogens with zero attached hydrogens (tertiary/aromatic N) is 3. The maximum atomic E-state index is 13.0. The van der Waals surface area contributed by atoms with E-state index in [0.29, 0.717) is 12.5 Å². The van der Waals surface area contributed by atoms with Crippen LogP contribution in [0.2, 0.25) is 0 Å². The lowest BCUT2D eigenvalue weighted by atomic mass is 9.96. The molecular formula is C25H35N3O. The molecule has 1 saturated heterocycles. The van der Waals surface area contributed by atoms with E-state index < -0.39 is 0 Å². The van der Waals surface area contributed by atoms with Gasteiger partial charge >= 0.3 is 0 Å². The fourth-order valence-electron chi connectivity index (χ4n) is 4.31. The molecule has 1 amide bonds. The second kappa shape index (κ2) is 10.6. The van der Waals surface area contributed by atoms with Crippen molar-refractivity contribution >= 4 is 11.6 Å². The first-order valence-electron chi connectivity index (χ1n) is 10.8. The number of hydrogen-bond donors (Lipinski definition) is 0. The Hall–Kier alpha value is -2.17. The quantitative estimate of drug-likeness (QED) is 0.670. The smallest absolute Gasteiger partial charge is 0.241 e. The van der Waals surface area contributed by atoms with Crippen LogP contribution in [-0.4, -0.2) is 55.0 Å². The van der Waals surface area contributed by atoms with Crippen LogP contribution in [0.3, 0.4) is 0 Å². The van der Waals surface area contributed by atoms with Crippen molar-refractivity contribution in [3.8, 4) is 0 Å². The molecule has 156 valence electrons. The van der Waals surface area contributed by atoms with Gasteiger partial charge in [-0.1, -0.05) is 48.5 Å². The van der Waals surface area contributed by atoms with Gasteiger partial charge in [0, 0.05) is 24.8 Å². The zero-order chi connectivity index (χ0) is 20.6. The zero-order valence-corrected chi connectivity index (χ0v) is 18.1. The summed E-state index contributed by atoms with van der Waals surface area (Å²) in [7, 11) is 2.21. The molecule has 0 radical (unpaired) electrons. The van der Waals surface area contributed by atoms with E-state index in [4.69, 9.17) is 0 Å². The maximum absolute atomic E-state index is 13.0. The number of rotatable bonds is 8. The second-order valence-corrected chi connectivity index (χ2v) is 8.59. The maximum Gasteiger partial charge on any atom is 0.241 e. The summed E-state index contributed by atoms with van der Waals surface area (Å²) >= 11 is 0. The number of carbonyl (C=O) groups excluding carboxylic acids is 1. The van der Waals surface area contributed by atoms with Crippen LogP contribution in [0.5, 0.6) is 0 Å². The van der Waals surface area contributed by atoms with E-state index in [1.165, 1.54) is 18.4 Å². The molecular weight excluding hydrogens is 358 g/mol. The fraction of sp³-hybridized carbons (Fsp3) is 0.480. The van der Waals surface area contributed by atoms with Crippen molar-refractivity contribution in [3.05, 3.63) is 66.2 Å². The lowest BCUT2D eigenvalue weighted by Gasteiger charge is -2.35. The number of para-hydroxylation sites is 1. The van der Waals surface area contributed by atoms with E-state index >= 15 is 0 Å².